The van der Waals surface area contributed by atoms with E-state index in [2.05, 4.69) is 5.10 Å². The number of rotatable bonds is 3. The van der Waals surface area contributed by atoms with Crippen LogP contribution in [0.1, 0.15) is 55.6 Å². The molecule has 2 heterocycles. The van der Waals surface area contributed by atoms with Crippen LogP contribution in [-0.4, -0.2) is 49.1 Å². The zero-order valence-electron chi connectivity index (χ0n) is 17.5. The third kappa shape index (κ3) is 3.49. The van der Waals surface area contributed by atoms with Crippen molar-refractivity contribution in [3.05, 3.63) is 53.3 Å². The standard InChI is InChI=1S/C23H31N3O3/c1-15-12-16(2)25(24-15)14-21(28)26-18(17-8-5-4-6-9-17)13-23(3)20(26)11-7-10-19(27)22(23)29/h4-6,8-9,12,18-20,22,27,29H,7,10-11,13-14H2,1-3H3/t18-,19-,20-,22+,23-/m1/s1. The number of nitrogens with zero attached hydrogens (tertiary/aromatic N) is 3. The van der Waals surface area contributed by atoms with Crippen LogP contribution >= 0.6 is 0 Å². The van der Waals surface area contributed by atoms with Gasteiger partial charge < -0.3 is 15.1 Å². The predicted octanol–water partition coefficient (Wildman–Crippen LogP) is 2.75. The second-order valence-electron chi connectivity index (χ2n) is 8.98. The SMILES string of the molecule is Cc1cc(C)n(CC(=O)N2[C@@H](c3ccccc3)C[C@@]3(C)[C@@H](O)[C@H](O)CCC[C@@H]23)n1. The van der Waals surface area contributed by atoms with E-state index in [-0.39, 0.29) is 24.5 Å². The van der Waals surface area contributed by atoms with Crippen LogP contribution in [0.5, 0.6) is 0 Å². The molecule has 29 heavy (non-hydrogen) atoms. The predicted molar refractivity (Wildman–Crippen MR) is 110 cm³/mol. The molecule has 0 unspecified atom stereocenters. The molecule has 0 radical (unpaired) electrons. The number of aliphatic hydroxyl groups is 2. The highest BCUT2D eigenvalue weighted by molar-refractivity contribution is 5.77. The molecule has 1 aliphatic carbocycles. The Kier molecular flexibility index (Phi) is 5.25. The van der Waals surface area contributed by atoms with Crippen LogP contribution < -0.4 is 0 Å². The first-order chi connectivity index (χ1) is 13.8. The number of benzene rings is 1. The van der Waals surface area contributed by atoms with E-state index in [1.807, 2.05) is 62.1 Å². The number of aryl methyl sites for hydroxylation is 2. The Morgan fingerprint density at radius 1 is 1.21 bits per heavy atom. The largest absolute Gasteiger partial charge is 0.390 e. The molecule has 0 bridgehead atoms. The van der Waals surface area contributed by atoms with Crippen LogP contribution in [0.3, 0.4) is 0 Å². The minimum absolute atomic E-state index is 0.0161. The van der Waals surface area contributed by atoms with Gasteiger partial charge in [-0.25, -0.2) is 0 Å². The van der Waals surface area contributed by atoms with E-state index in [0.29, 0.717) is 12.8 Å². The van der Waals surface area contributed by atoms with Crippen LogP contribution in [0.15, 0.2) is 36.4 Å². The molecule has 1 aromatic heterocycles. The highest BCUT2D eigenvalue weighted by atomic mass is 16.3. The molecule has 156 valence electrons. The molecule has 4 rings (SSSR count). The van der Waals surface area contributed by atoms with Gasteiger partial charge in [0.2, 0.25) is 5.91 Å². The number of aliphatic hydroxyl groups excluding tert-OH is 2. The minimum atomic E-state index is -0.840. The van der Waals surface area contributed by atoms with Crippen molar-refractivity contribution in [2.75, 3.05) is 0 Å². The molecule has 0 spiro atoms. The molecule has 1 amide bonds. The molecular formula is C23H31N3O3. The Bertz CT molecular complexity index is 881. The van der Waals surface area contributed by atoms with E-state index in [4.69, 9.17) is 0 Å². The van der Waals surface area contributed by atoms with Crippen LogP contribution in [0, 0.1) is 19.3 Å². The Labute approximate surface area is 172 Å². The summed E-state index contributed by atoms with van der Waals surface area (Å²) in [4.78, 5) is 15.6. The van der Waals surface area contributed by atoms with Crippen molar-refractivity contribution >= 4 is 5.91 Å². The van der Waals surface area contributed by atoms with Gasteiger partial charge in [-0.15, -0.1) is 0 Å². The Balaban J connectivity index is 1.72. The zero-order valence-corrected chi connectivity index (χ0v) is 17.5. The van der Waals surface area contributed by atoms with E-state index in [1.165, 1.54) is 0 Å². The summed E-state index contributed by atoms with van der Waals surface area (Å²) in [5, 5.41) is 25.9. The van der Waals surface area contributed by atoms with Crippen LogP contribution in [0.2, 0.25) is 0 Å². The second-order valence-corrected chi connectivity index (χ2v) is 8.98. The van der Waals surface area contributed by atoms with Gasteiger partial charge in [-0.2, -0.15) is 5.10 Å². The summed E-state index contributed by atoms with van der Waals surface area (Å²) < 4.78 is 1.76. The second kappa shape index (κ2) is 7.58. The molecule has 2 aromatic rings. The maximum Gasteiger partial charge on any atom is 0.245 e. The van der Waals surface area contributed by atoms with Crippen molar-refractivity contribution < 1.29 is 15.0 Å². The lowest BCUT2D eigenvalue weighted by Gasteiger charge is -2.38. The average molecular weight is 398 g/mol. The fourth-order valence-electron chi connectivity index (χ4n) is 5.44. The summed E-state index contributed by atoms with van der Waals surface area (Å²) in [6.45, 7) is 6.11. The van der Waals surface area contributed by atoms with E-state index >= 15 is 0 Å². The summed E-state index contributed by atoms with van der Waals surface area (Å²) in [5.41, 5.74) is 2.39. The van der Waals surface area contributed by atoms with E-state index < -0.39 is 17.6 Å². The van der Waals surface area contributed by atoms with Crippen LogP contribution in [0.4, 0.5) is 0 Å². The van der Waals surface area contributed by atoms with E-state index in [0.717, 1.165) is 29.8 Å². The van der Waals surface area contributed by atoms with Gasteiger partial charge in [0, 0.05) is 17.2 Å². The summed E-state index contributed by atoms with van der Waals surface area (Å²) in [6, 6.07) is 11.8. The molecular weight excluding hydrogens is 366 g/mol. The van der Waals surface area contributed by atoms with Gasteiger partial charge in [0.15, 0.2) is 0 Å². The maximum absolute atomic E-state index is 13.6. The van der Waals surface area contributed by atoms with Crippen LogP contribution in [0.25, 0.3) is 0 Å². The van der Waals surface area contributed by atoms with Crippen molar-refractivity contribution in [3.8, 4) is 0 Å². The molecule has 2 N–H and O–H groups in total. The van der Waals surface area contributed by atoms with Gasteiger partial charge in [-0.1, -0.05) is 37.3 Å². The van der Waals surface area contributed by atoms with E-state index in [1.54, 1.807) is 4.68 Å². The number of amides is 1. The van der Waals surface area contributed by atoms with Gasteiger partial charge in [-0.05, 0) is 51.2 Å². The highest BCUT2D eigenvalue weighted by Crippen LogP contribution is 2.53. The number of carbonyl (C=O) groups is 1. The third-order valence-electron chi connectivity index (χ3n) is 6.94. The lowest BCUT2D eigenvalue weighted by molar-refractivity contribution is -0.137. The number of carbonyl (C=O) groups excluding carboxylic acids is 1. The smallest absolute Gasteiger partial charge is 0.245 e. The summed E-state index contributed by atoms with van der Waals surface area (Å²) in [6.07, 6.45) is 1.21. The number of likely N-dealkylation sites (tertiary alicyclic amines) is 1. The molecule has 5 atom stereocenters. The first-order valence-corrected chi connectivity index (χ1v) is 10.5. The molecule has 1 aromatic carbocycles. The van der Waals surface area contributed by atoms with Crippen molar-refractivity contribution in [1.29, 1.82) is 0 Å². The average Bonchev–Trinajstić information content (AvgIpc) is 3.14. The first-order valence-electron chi connectivity index (χ1n) is 10.5. The number of hydrogen-bond donors (Lipinski definition) is 2. The Morgan fingerprint density at radius 3 is 2.59 bits per heavy atom. The lowest BCUT2D eigenvalue weighted by atomic mass is 9.74. The summed E-state index contributed by atoms with van der Waals surface area (Å²) in [7, 11) is 0. The fraction of sp³-hybridized carbons (Fsp3) is 0.565. The number of aromatic nitrogens is 2. The Morgan fingerprint density at radius 2 is 1.93 bits per heavy atom. The van der Waals surface area contributed by atoms with Crippen LogP contribution in [-0.2, 0) is 11.3 Å². The van der Waals surface area contributed by atoms with Gasteiger partial charge in [0.05, 0.1) is 23.9 Å². The van der Waals surface area contributed by atoms with Gasteiger partial charge in [-0.3, -0.25) is 9.48 Å². The quantitative estimate of drug-likeness (QED) is 0.835. The lowest BCUT2D eigenvalue weighted by Crippen LogP contribution is -2.49. The zero-order chi connectivity index (χ0) is 20.8. The molecule has 1 aliphatic heterocycles. The molecule has 6 heteroatoms. The topological polar surface area (TPSA) is 78.6 Å². The maximum atomic E-state index is 13.6. The monoisotopic (exact) mass is 397 g/mol. The number of hydrogen-bond acceptors (Lipinski definition) is 4. The van der Waals surface area contributed by atoms with E-state index in [9.17, 15) is 15.0 Å². The third-order valence-corrected chi connectivity index (χ3v) is 6.94. The van der Waals surface area contributed by atoms with Gasteiger partial charge >= 0.3 is 0 Å². The molecule has 1 saturated heterocycles. The number of fused-ring (bicyclic) bond motifs is 1. The van der Waals surface area contributed by atoms with Gasteiger partial charge in [0.25, 0.3) is 0 Å². The van der Waals surface area contributed by atoms with Gasteiger partial charge in [0.1, 0.15) is 6.54 Å². The minimum Gasteiger partial charge on any atom is -0.390 e. The first kappa shape index (κ1) is 20.1. The fourth-order valence-corrected chi connectivity index (χ4v) is 5.44. The van der Waals surface area contributed by atoms with Crippen molar-refractivity contribution in [2.24, 2.45) is 5.41 Å². The summed E-state index contributed by atoms with van der Waals surface area (Å²) in [5.74, 6) is 0.0161. The molecule has 2 fully saturated rings. The molecule has 6 nitrogen and oxygen atoms in total. The Hall–Kier alpha value is -2.18. The summed E-state index contributed by atoms with van der Waals surface area (Å²) >= 11 is 0. The molecule has 2 aliphatic rings. The highest BCUT2D eigenvalue weighted by Gasteiger charge is 2.56. The van der Waals surface area contributed by atoms with Crippen molar-refractivity contribution in [3.63, 3.8) is 0 Å². The molecule has 1 saturated carbocycles. The normalized spacial score (nSPS) is 32.1. The van der Waals surface area contributed by atoms with Crippen molar-refractivity contribution in [1.82, 2.24) is 14.7 Å². The van der Waals surface area contributed by atoms with Crippen molar-refractivity contribution in [2.45, 2.75) is 77.3 Å².